The number of imidazole rings is 1. The smallest absolute Gasteiger partial charge is 0.156 e. The van der Waals surface area contributed by atoms with Crippen LogP contribution in [0, 0.1) is 17.2 Å². The highest BCUT2D eigenvalue weighted by atomic mass is 16.5. The summed E-state index contributed by atoms with van der Waals surface area (Å²) >= 11 is 0. The van der Waals surface area contributed by atoms with Crippen molar-refractivity contribution in [3.8, 4) is 11.8 Å². The summed E-state index contributed by atoms with van der Waals surface area (Å²) < 4.78 is 8.49. The van der Waals surface area contributed by atoms with Gasteiger partial charge in [0.1, 0.15) is 5.75 Å². The molecule has 140 valence electrons. The lowest BCUT2D eigenvalue weighted by molar-refractivity contribution is 0.203. The minimum atomic E-state index is 0.164. The lowest BCUT2D eigenvalue weighted by atomic mass is 9.91. The van der Waals surface area contributed by atoms with Crippen LogP contribution >= 0.6 is 0 Å². The molecule has 0 saturated heterocycles. The summed E-state index contributed by atoms with van der Waals surface area (Å²) in [6.07, 6.45) is 8.99. The Morgan fingerprint density at radius 1 is 1.18 bits per heavy atom. The number of H-pyrrole nitrogens is 1. The van der Waals surface area contributed by atoms with E-state index in [1.54, 1.807) is 12.1 Å². The first-order valence-corrected chi connectivity index (χ1v) is 9.73. The summed E-state index contributed by atoms with van der Waals surface area (Å²) in [5, 5.41) is 8.96. The number of nitrogens with zero attached hydrogens (tertiary/aromatic N) is 4. The number of nitrogens with one attached hydrogen (secondary N) is 1. The predicted molar refractivity (Wildman–Crippen MR) is 106 cm³/mol. The summed E-state index contributed by atoms with van der Waals surface area (Å²) in [5.74, 6) is 1.77. The van der Waals surface area contributed by atoms with Crippen molar-refractivity contribution >= 4 is 16.8 Å². The summed E-state index contributed by atoms with van der Waals surface area (Å²) in [7, 11) is 0. The van der Waals surface area contributed by atoms with Crippen molar-refractivity contribution in [1.82, 2.24) is 19.4 Å². The highest BCUT2D eigenvalue weighted by Gasteiger charge is 2.37. The number of aromatic nitrogens is 4. The maximum atomic E-state index is 8.96. The molecule has 1 aliphatic carbocycles. The molecule has 1 aliphatic rings. The summed E-state index contributed by atoms with van der Waals surface area (Å²) in [4.78, 5) is 12.2. The topological polar surface area (TPSA) is 79.0 Å². The second-order valence-corrected chi connectivity index (χ2v) is 7.47. The maximum absolute atomic E-state index is 8.96. The fraction of sp³-hybridized carbons (Fsp3) is 0.318. The number of nitriles is 1. The Labute approximate surface area is 162 Å². The predicted octanol–water partition coefficient (Wildman–Crippen LogP) is 4.43. The van der Waals surface area contributed by atoms with E-state index in [1.807, 2.05) is 30.7 Å². The van der Waals surface area contributed by atoms with Crippen LogP contribution in [0.2, 0.25) is 0 Å². The first-order valence-electron chi connectivity index (χ1n) is 9.73. The molecule has 28 heavy (non-hydrogen) atoms. The van der Waals surface area contributed by atoms with Crippen LogP contribution in [-0.2, 0) is 0 Å². The van der Waals surface area contributed by atoms with E-state index in [1.165, 1.54) is 5.69 Å². The second kappa shape index (κ2) is 6.68. The monoisotopic (exact) mass is 371 g/mol. The van der Waals surface area contributed by atoms with E-state index >= 15 is 0 Å². The number of benzene rings is 1. The molecule has 0 spiro atoms. The minimum Gasteiger partial charge on any atom is -0.490 e. The van der Waals surface area contributed by atoms with Gasteiger partial charge in [-0.3, -0.25) is 4.40 Å². The van der Waals surface area contributed by atoms with Gasteiger partial charge in [-0.15, -0.1) is 0 Å². The van der Waals surface area contributed by atoms with Crippen LogP contribution in [0.5, 0.6) is 5.75 Å². The van der Waals surface area contributed by atoms with Crippen LogP contribution in [-0.4, -0.2) is 25.5 Å². The summed E-state index contributed by atoms with van der Waals surface area (Å²) in [6.45, 7) is 2.25. The van der Waals surface area contributed by atoms with Crippen LogP contribution in [0.25, 0.3) is 16.8 Å². The number of ether oxygens (including phenoxy) is 1. The molecule has 1 aromatic carbocycles. The van der Waals surface area contributed by atoms with Crippen molar-refractivity contribution in [3.63, 3.8) is 0 Å². The van der Waals surface area contributed by atoms with Crippen molar-refractivity contribution in [2.24, 2.45) is 5.92 Å². The minimum absolute atomic E-state index is 0.164. The van der Waals surface area contributed by atoms with Gasteiger partial charge in [0, 0.05) is 24.0 Å². The number of aromatic amines is 1. The molecule has 0 unspecified atom stereocenters. The van der Waals surface area contributed by atoms with Crippen LogP contribution in [0.3, 0.4) is 0 Å². The molecule has 6 nitrogen and oxygen atoms in total. The van der Waals surface area contributed by atoms with Crippen LogP contribution < -0.4 is 4.74 Å². The van der Waals surface area contributed by atoms with Gasteiger partial charge in [-0.2, -0.15) is 5.26 Å². The molecule has 0 aliphatic heterocycles. The van der Waals surface area contributed by atoms with Gasteiger partial charge in [-0.05, 0) is 49.1 Å². The van der Waals surface area contributed by atoms with Crippen molar-refractivity contribution in [3.05, 3.63) is 60.2 Å². The van der Waals surface area contributed by atoms with E-state index in [0.29, 0.717) is 17.4 Å². The molecule has 0 amide bonds. The third-order valence-electron chi connectivity index (χ3n) is 5.91. The van der Waals surface area contributed by atoms with Crippen LogP contribution in [0.15, 0.2) is 48.9 Å². The Bertz CT molecular complexity index is 1170. The largest absolute Gasteiger partial charge is 0.490 e. The second-order valence-electron chi connectivity index (χ2n) is 7.47. The van der Waals surface area contributed by atoms with Gasteiger partial charge >= 0.3 is 0 Å². The van der Waals surface area contributed by atoms with E-state index < -0.39 is 0 Å². The Morgan fingerprint density at radius 3 is 2.82 bits per heavy atom. The quantitative estimate of drug-likeness (QED) is 0.575. The van der Waals surface area contributed by atoms with Gasteiger partial charge < -0.3 is 9.72 Å². The molecule has 5 rings (SSSR count). The molecule has 6 heteroatoms. The zero-order valence-corrected chi connectivity index (χ0v) is 15.7. The SMILES string of the molecule is CC[C@@H]1C[C@@H](Oc2ccc(C#N)cc2)C[C@@H]1c1cnc2cnc3[nH]ccc3n12. The third kappa shape index (κ3) is 2.71. The van der Waals surface area contributed by atoms with E-state index in [2.05, 4.69) is 38.4 Å². The van der Waals surface area contributed by atoms with E-state index in [0.717, 1.165) is 41.8 Å². The highest BCUT2D eigenvalue weighted by molar-refractivity contribution is 5.74. The fourth-order valence-corrected chi connectivity index (χ4v) is 4.54. The van der Waals surface area contributed by atoms with Crippen molar-refractivity contribution in [2.75, 3.05) is 0 Å². The number of rotatable bonds is 4. The fourth-order valence-electron chi connectivity index (χ4n) is 4.54. The van der Waals surface area contributed by atoms with Gasteiger partial charge in [-0.1, -0.05) is 13.3 Å². The normalized spacial score (nSPS) is 21.9. The Hall–Kier alpha value is -3.33. The molecule has 3 heterocycles. The lowest BCUT2D eigenvalue weighted by Gasteiger charge is -2.17. The molecule has 1 fully saturated rings. The van der Waals surface area contributed by atoms with Gasteiger partial charge in [0.15, 0.2) is 11.3 Å². The molecule has 4 aromatic rings. The molecule has 0 radical (unpaired) electrons. The maximum Gasteiger partial charge on any atom is 0.156 e. The van der Waals surface area contributed by atoms with Crippen molar-refractivity contribution < 1.29 is 4.74 Å². The number of hydrogen-bond donors (Lipinski definition) is 1. The first kappa shape index (κ1) is 16.8. The van der Waals surface area contributed by atoms with Crippen LogP contribution in [0.1, 0.15) is 43.4 Å². The molecule has 0 bridgehead atoms. The number of fused-ring (bicyclic) bond motifs is 3. The Morgan fingerprint density at radius 2 is 2.04 bits per heavy atom. The summed E-state index contributed by atoms with van der Waals surface area (Å²) in [5.41, 5.74) is 4.71. The van der Waals surface area contributed by atoms with Gasteiger partial charge in [0.2, 0.25) is 0 Å². The van der Waals surface area contributed by atoms with Crippen molar-refractivity contribution in [1.29, 1.82) is 5.26 Å². The zero-order valence-electron chi connectivity index (χ0n) is 15.7. The lowest BCUT2D eigenvalue weighted by Crippen LogP contribution is -2.12. The Balaban J connectivity index is 1.46. The molecular formula is C22H21N5O. The average Bonchev–Trinajstić information content (AvgIpc) is 3.45. The molecular weight excluding hydrogens is 350 g/mol. The first-order chi connectivity index (χ1) is 13.8. The van der Waals surface area contributed by atoms with Gasteiger partial charge in [-0.25, -0.2) is 9.97 Å². The van der Waals surface area contributed by atoms with Crippen LogP contribution in [0.4, 0.5) is 0 Å². The van der Waals surface area contributed by atoms with E-state index in [4.69, 9.17) is 10.00 Å². The van der Waals surface area contributed by atoms with Gasteiger partial charge in [0.05, 0.1) is 29.5 Å². The highest BCUT2D eigenvalue weighted by Crippen LogP contribution is 2.43. The molecule has 3 atom stereocenters. The van der Waals surface area contributed by atoms with Crippen molar-refractivity contribution in [2.45, 2.75) is 38.2 Å². The third-order valence-corrected chi connectivity index (χ3v) is 5.91. The van der Waals surface area contributed by atoms with E-state index in [-0.39, 0.29) is 6.10 Å². The van der Waals surface area contributed by atoms with E-state index in [9.17, 15) is 0 Å². The molecule has 1 saturated carbocycles. The zero-order chi connectivity index (χ0) is 19.1. The summed E-state index contributed by atoms with van der Waals surface area (Å²) in [6, 6.07) is 11.6. The Kier molecular flexibility index (Phi) is 4.01. The average molecular weight is 371 g/mol. The molecule has 3 aromatic heterocycles. The number of hydrogen-bond acceptors (Lipinski definition) is 4. The molecule has 1 N–H and O–H groups in total. The standard InChI is InChI=1S/C22H21N5O/c1-2-15-9-17(28-16-5-3-14(11-23)4-6-16)10-18(15)20-12-25-21-13-26-22-19(27(20)21)7-8-24-22/h3-8,12-13,15,17-18,24H,2,9-10H2,1H3/t15-,17-,18+/m1/s1. The van der Waals surface area contributed by atoms with Gasteiger partial charge in [0.25, 0.3) is 0 Å².